The molecule has 0 saturated heterocycles. The SMILES string of the molecule is CC(C)Oc1cc(OC(C)C)cc(C(=O)c2ccccc2)c1. The Morgan fingerprint density at radius 3 is 1.73 bits per heavy atom. The first-order valence-electron chi connectivity index (χ1n) is 7.54. The van der Waals surface area contributed by atoms with E-state index in [1.165, 1.54) is 0 Å². The number of benzene rings is 2. The zero-order chi connectivity index (χ0) is 16.1. The van der Waals surface area contributed by atoms with E-state index in [-0.39, 0.29) is 18.0 Å². The Morgan fingerprint density at radius 2 is 1.27 bits per heavy atom. The maximum atomic E-state index is 12.6. The third-order valence-electron chi connectivity index (χ3n) is 2.92. The molecule has 3 heteroatoms. The zero-order valence-corrected chi connectivity index (χ0v) is 13.5. The predicted molar refractivity (Wildman–Crippen MR) is 87.8 cm³/mol. The van der Waals surface area contributed by atoms with Crippen molar-refractivity contribution >= 4 is 5.78 Å². The van der Waals surface area contributed by atoms with E-state index in [4.69, 9.17) is 9.47 Å². The third kappa shape index (κ3) is 4.35. The third-order valence-corrected chi connectivity index (χ3v) is 2.92. The molecule has 0 saturated carbocycles. The molecule has 0 aliphatic carbocycles. The molecular weight excluding hydrogens is 276 g/mol. The second kappa shape index (κ2) is 7.12. The molecule has 0 fully saturated rings. The van der Waals surface area contributed by atoms with Gasteiger partial charge in [0.1, 0.15) is 11.5 Å². The molecule has 116 valence electrons. The number of carbonyl (C=O) groups excluding carboxylic acids is 1. The minimum atomic E-state index is -0.0385. The van der Waals surface area contributed by atoms with Crippen LogP contribution < -0.4 is 9.47 Å². The summed E-state index contributed by atoms with van der Waals surface area (Å²) < 4.78 is 11.5. The van der Waals surface area contributed by atoms with E-state index in [1.807, 2.05) is 52.0 Å². The van der Waals surface area contributed by atoms with E-state index < -0.39 is 0 Å². The van der Waals surface area contributed by atoms with Crippen molar-refractivity contribution in [3.63, 3.8) is 0 Å². The Hall–Kier alpha value is -2.29. The molecule has 0 heterocycles. The molecule has 2 aromatic carbocycles. The number of hydrogen-bond donors (Lipinski definition) is 0. The number of ether oxygens (including phenoxy) is 2. The summed E-state index contributed by atoms with van der Waals surface area (Å²) in [7, 11) is 0. The van der Waals surface area contributed by atoms with Gasteiger partial charge in [-0.05, 0) is 39.8 Å². The van der Waals surface area contributed by atoms with Crippen LogP contribution in [0.5, 0.6) is 11.5 Å². The summed E-state index contributed by atoms with van der Waals surface area (Å²) in [6.45, 7) is 7.81. The van der Waals surface area contributed by atoms with E-state index in [1.54, 1.807) is 24.3 Å². The standard InChI is InChI=1S/C19H22O3/c1-13(2)21-17-10-16(11-18(12-17)22-14(3)4)19(20)15-8-6-5-7-9-15/h5-14H,1-4H3. The van der Waals surface area contributed by atoms with E-state index in [0.717, 1.165) is 0 Å². The van der Waals surface area contributed by atoms with Gasteiger partial charge in [-0.3, -0.25) is 4.79 Å². The van der Waals surface area contributed by atoms with Crippen LogP contribution in [-0.2, 0) is 0 Å². The Labute approximate surface area is 131 Å². The van der Waals surface area contributed by atoms with Gasteiger partial charge in [-0.2, -0.15) is 0 Å². The van der Waals surface area contributed by atoms with Crippen LogP contribution in [0.25, 0.3) is 0 Å². The van der Waals surface area contributed by atoms with Crippen molar-refractivity contribution in [2.75, 3.05) is 0 Å². The van der Waals surface area contributed by atoms with Crippen molar-refractivity contribution in [3.05, 3.63) is 59.7 Å². The van der Waals surface area contributed by atoms with Crippen molar-refractivity contribution in [2.24, 2.45) is 0 Å². The van der Waals surface area contributed by atoms with Crippen LogP contribution in [0.3, 0.4) is 0 Å². The second-order valence-electron chi connectivity index (χ2n) is 5.72. The molecule has 0 aromatic heterocycles. The van der Waals surface area contributed by atoms with Crippen LogP contribution in [0.4, 0.5) is 0 Å². The summed E-state index contributed by atoms with van der Waals surface area (Å²) in [6.07, 6.45) is 0.0722. The normalized spacial score (nSPS) is 10.8. The van der Waals surface area contributed by atoms with Gasteiger partial charge < -0.3 is 9.47 Å². The Bertz CT molecular complexity index is 602. The van der Waals surface area contributed by atoms with E-state index >= 15 is 0 Å². The lowest BCUT2D eigenvalue weighted by molar-refractivity contribution is 0.103. The van der Waals surface area contributed by atoms with Crippen LogP contribution >= 0.6 is 0 Å². The lowest BCUT2D eigenvalue weighted by Crippen LogP contribution is -2.10. The van der Waals surface area contributed by atoms with Crippen LogP contribution in [0.15, 0.2) is 48.5 Å². The van der Waals surface area contributed by atoms with Gasteiger partial charge >= 0.3 is 0 Å². The molecule has 2 aromatic rings. The summed E-state index contributed by atoms with van der Waals surface area (Å²) in [6, 6.07) is 14.6. The first kappa shape index (κ1) is 16.1. The lowest BCUT2D eigenvalue weighted by Gasteiger charge is -2.15. The monoisotopic (exact) mass is 298 g/mol. The van der Waals surface area contributed by atoms with E-state index in [9.17, 15) is 4.79 Å². The van der Waals surface area contributed by atoms with Crippen molar-refractivity contribution < 1.29 is 14.3 Å². The summed E-state index contributed by atoms with van der Waals surface area (Å²) >= 11 is 0. The molecule has 0 amide bonds. The largest absolute Gasteiger partial charge is 0.491 e. The van der Waals surface area contributed by atoms with Gasteiger partial charge in [-0.15, -0.1) is 0 Å². The van der Waals surface area contributed by atoms with Gasteiger partial charge in [-0.25, -0.2) is 0 Å². The second-order valence-corrected chi connectivity index (χ2v) is 5.72. The van der Waals surface area contributed by atoms with Gasteiger partial charge in [-0.1, -0.05) is 30.3 Å². The number of hydrogen-bond acceptors (Lipinski definition) is 3. The molecule has 3 nitrogen and oxygen atoms in total. The van der Waals surface area contributed by atoms with Gasteiger partial charge in [0.15, 0.2) is 5.78 Å². The van der Waals surface area contributed by atoms with Crippen molar-refractivity contribution in [3.8, 4) is 11.5 Å². The topological polar surface area (TPSA) is 35.5 Å². The molecule has 0 aliphatic rings. The van der Waals surface area contributed by atoms with Gasteiger partial charge in [0.25, 0.3) is 0 Å². The van der Waals surface area contributed by atoms with Crippen LogP contribution in [-0.4, -0.2) is 18.0 Å². The van der Waals surface area contributed by atoms with Gasteiger partial charge in [0, 0.05) is 17.2 Å². The fraction of sp³-hybridized carbons (Fsp3) is 0.316. The number of carbonyl (C=O) groups is 1. The van der Waals surface area contributed by atoms with Gasteiger partial charge in [0.05, 0.1) is 12.2 Å². The average molecular weight is 298 g/mol. The zero-order valence-electron chi connectivity index (χ0n) is 13.5. The fourth-order valence-corrected chi connectivity index (χ4v) is 2.14. The van der Waals surface area contributed by atoms with Crippen LogP contribution in [0.1, 0.15) is 43.6 Å². The Balaban J connectivity index is 2.38. The van der Waals surface area contributed by atoms with E-state index in [0.29, 0.717) is 22.6 Å². The molecule has 22 heavy (non-hydrogen) atoms. The van der Waals surface area contributed by atoms with Crippen molar-refractivity contribution in [1.82, 2.24) is 0 Å². The van der Waals surface area contributed by atoms with Crippen molar-refractivity contribution in [2.45, 2.75) is 39.9 Å². The van der Waals surface area contributed by atoms with Crippen LogP contribution in [0, 0.1) is 0 Å². The molecule has 0 atom stereocenters. The number of ketones is 1. The Kier molecular flexibility index (Phi) is 5.21. The fourth-order valence-electron chi connectivity index (χ4n) is 2.14. The van der Waals surface area contributed by atoms with Gasteiger partial charge in [0.2, 0.25) is 0 Å². The maximum absolute atomic E-state index is 12.6. The molecule has 0 unspecified atom stereocenters. The average Bonchev–Trinajstić information content (AvgIpc) is 2.45. The summed E-state index contributed by atoms with van der Waals surface area (Å²) in [5.41, 5.74) is 1.22. The molecule has 0 aliphatic heterocycles. The molecule has 2 rings (SSSR count). The smallest absolute Gasteiger partial charge is 0.193 e. The van der Waals surface area contributed by atoms with E-state index in [2.05, 4.69) is 0 Å². The quantitative estimate of drug-likeness (QED) is 0.737. The highest BCUT2D eigenvalue weighted by Gasteiger charge is 2.13. The number of rotatable bonds is 6. The molecule has 0 N–H and O–H groups in total. The lowest BCUT2D eigenvalue weighted by atomic mass is 10.0. The first-order chi connectivity index (χ1) is 10.5. The summed E-state index contributed by atoms with van der Waals surface area (Å²) in [5.74, 6) is 1.25. The predicted octanol–water partition coefficient (Wildman–Crippen LogP) is 4.49. The molecule has 0 radical (unpaired) electrons. The van der Waals surface area contributed by atoms with Crippen molar-refractivity contribution in [1.29, 1.82) is 0 Å². The highest BCUT2D eigenvalue weighted by molar-refractivity contribution is 6.09. The Morgan fingerprint density at radius 1 is 0.773 bits per heavy atom. The maximum Gasteiger partial charge on any atom is 0.193 e. The van der Waals surface area contributed by atoms with Crippen LogP contribution in [0.2, 0.25) is 0 Å². The molecular formula is C19H22O3. The summed E-state index contributed by atoms with van der Waals surface area (Å²) in [5, 5.41) is 0. The minimum Gasteiger partial charge on any atom is -0.491 e. The highest BCUT2D eigenvalue weighted by Crippen LogP contribution is 2.26. The first-order valence-corrected chi connectivity index (χ1v) is 7.54. The highest BCUT2D eigenvalue weighted by atomic mass is 16.5. The minimum absolute atomic E-state index is 0.0361. The molecule has 0 bridgehead atoms. The molecule has 0 spiro atoms. The summed E-state index contributed by atoms with van der Waals surface area (Å²) in [4.78, 5) is 12.6.